The number of carbonyl (C=O) groups is 2. The average molecular weight is 342 g/mol. The van der Waals surface area contributed by atoms with Crippen LogP contribution in [0.3, 0.4) is 0 Å². The number of nitrogens with one attached hydrogen (secondary N) is 1. The van der Waals surface area contributed by atoms with Gasteiger partial charge in [0, 0.05) is 25.0 Å². The van der Waals surface area contributed by atoms with Crippen molar-refractivity contribution in [3.8, 4) is 0 Å². The smallest absolute Gasteiger partial charge is 0.225 e. The number of hydrogen-bond donors (Lipinski definition) is 1. The van der Waals surface area contributed by atoms with Crippen LogP contribution < -0.4 is 5.32 Å². The summed E-state index contributed by atoms with van der Waals surface area (Å²) >= 11 is 0. The van der Waals surface area contributed by atoms with E-state index >= 15 is 0 Å². The lowest BCUT2D eigenvalue weighted by Gasteiger charge is -2.35. The molecule has 1 aromatic carbocycles. The van der Waals surface area contributed by atoms with Gasteiger partial charge in [0.25, 0.3) is 0 Å². The van der Waals surface area contributed by atoms with Crippen molar-refractivity contribution in [3.05, 3.63) is 35.4 Å². The Labute approximate surface area is 151 Å². The highest BCUT2D eigenvalue weighted by molar-refractivity contribution is 5.84. The van der Waals surface area contributed by atoms with E-state index in [0.717, 1.165) is 19.3 Å². The summed E-state index contributed by atoms with van der Waals surface area (Å²) in [5.74, 6) is 0.798. The number of piperidine rings is 1. The molecule has 25 heavy (non-hydrogen) atoms. The molecule has 1 atom stereocenters. The van der Waals surface area contributed by atoms with E-state index in [-0.39, 0.29) is 23.3 Å². The van der Waals surface area contributed by atoms with E-state index in [0.29, 0.717) is 31.8 Å². The normalized spacial score (nSPS) is 21.3. The third kappa shape index (κ3) is 4.23. The number of carbonyl (C=O) groups excluding carboxylic acids is 2. The third-order valence-corrected chi connectivity index (χ3v) is 5.65. The molecule has 1 aliphatic heterocycles. The van der Waals surface area contributed by atoms with Crippen LogP contribution in [0.4, 0.5) is 0 Å². The zero-order valence-corrected chi connectivity index (χ0v) is 15.7. The van der Waals surface area contributed by atoms with Gasteiger partial charge < -0.3 is 10.2 Å². The minimum absolute atomic E-state index is 0.0716. The standard InChI is InChI=1S/C21H30N2O2/c1-4-23-14-18(9-10-19(23)24)20(25)22-21(2,3)13-15-11-16-7-5-6-8-17(16)12-15/h5-8,15,18H,4,9-14H2,1-3H3,(H,22,25)/t18-/m0/s1. The summed E-state index contributed by atoms with van der Waals surface area (Å²) in [6.07, 6.45) is 4.36. The van der Waals surface area contributed by atoms with Crippen LogP contribution in [0.25, 0.3) is 0 Å². The number of likely N-dealkylation sites (tertiary alicyclic amines) is 1. The van der Waals surface area contributed by atoms with E-state index in [9.17, 15) is 9.59 Å². The third-order valence-electron chi connectivity index (χ3n) is 5.65. The summed E-state index contributed by atoms with van der Waals surface area (Å²) in [6.45, 7) is 7.47. The molecule has 1 saturated heterocycles. The van der Waals surface area contributed by atoms with Gasteiger partial charge in [0.1, 0.15) is 0 Å². The Kier molecular flexibility index (Phi) is 5.16. The molecule has 4 heteroatoms. The maximum Gasteiger partial charge on any atom is 0.225 e. The van der Waals surface area contributed by atoms with Gasteiger partial charge in [0.2, 0.25) is 11.8 Å². The van der Waals surface area contributed by atoms with Gasteiger partial charge in [0.05, 0.1) is 5.92 Å². The van der Waals surface area contributed by atoms with Crippen molar-refractivity contribution in [2.75, 3.05) is 13.1 Å². The molecular formula is C21H30N2O2. The number of fused-ring (bicyclic) bond motifs is 1. The Morgan fingerprint density at radius 3 is 2.48 bits per heavy atom. The van der Waals surface area contributed by atoms with Gasteiger partial charge >= 0.3 is 0 Å². The number of rotatable bonds is 5. The first-order chi connectivity index (χ1) is 11.9. The predicted molar refractivity (Wildman–Crippen MR) is 99.2 cm³/mol. The second-order valence-electron chi connectivity index (χ2n) is 8.29. The van der Waals surface area contributed by atoms with Crippen molar-refractivity contribution < 1.29 is 9.59 Å². The van der Waals surface area contributed by atoms with E-state index in [4.69, 9.17) is 0 Å². The zero-order chi connectivity index (χ0) is 18.0. The predicted octanol–water partition coefficient (Wildman–Crippen LogP) is 2.94. The summed E-state index contributed by atoms with van der Waals surface area (Å²) in [4.78, 5) is 26.3. The summed E-state index contributed by atoms with van der Waals surface area (Å²) < 4.78 is 0. The van der Waals surface area contributed by atoms with E-state index in [2.05, 4.69) is 43.4 Å². The summed E-state index contributed by atoms with van der Waals surface area (Å²) in [6, 6.07) is 8.66. The van der Waals surface area contributed by atoms with Gasteiger partial charge in [-0.15, -0.1) is 0 Å². The van der Waals surface area contributed by atoms with Crippen LogP contribution in [0, 0.1) is 11.8 Å². The Hall–Kier alpha value is -1.84. The van der Waals surface area contributed by atoms with Crippen molar-refractivity contribution in [2.24, 2.45) is 11.8 Å². The molecular weight excluding hydrogens is 312 g/mol. The summed E-state index contributed by atoms with van der Waals surface area (Å²) in [7, 11) is 0. The monoisotopic (exact) mass is 342 g/mol. The van der Waals surface area contributed by atoms with Gasteiger partial charge in [-0.1, -0.05) is 24.3 Å². The van der Waals surface area contributed by atoms with Crippen LogP contribution in [-0.2, 0) is 22.4 Å². The quantitative estimate of drug-likeness (QED) is 0.894. The molecule has 1 heterocycles. The van der Waals surface area contributed by atoms with Crippen LogP contribution in [-0.4, -0.2) is 35.3 Å². The molecule has 3 rings (SSSR count). The topological polar surface area (TPSA) is 49.4 Å². The van der Waals surface area contributed by atoms with Gasteiger partial charge in [-0.3, -0.25) is 9.59 Å². The highest BCUT2D eigenvalue weighted by Gasteiger charge is 2.34. The lowest BCUT2D eigenvalue weighted by Crippen LogP contribution is -2.51. The molecule has 0 spiro atoms. The van der Waals surface area contributed by atoms with E-state index in [1.807, 2.05) is 6.92 Å². The van der Waals surface area contributed by atoms with Gasteiger partial charge in [-0.25, -0.2) is 0 Å². The first-order valence-corrected chi connectivity index (χ1v) is 9.54. The minimum atomic E-state index is -0.220. The van der Waals surface area contributed by atoms with Gasteiger partial charge in [-0.2, -0.15) is 0 Å². The van der Waals surface area contributed by atoms with Crippen molar-refractivity contribution in [1.82, 2.24) is 10.2 Å². The Bertz CT molecular complexity index is 628. The molecule has 1 fully saturated rings. The van der Waals surface area contributed by atoms with Crippen molar-refractivity contribution in [2.45, 2.75) is 58.4 Å². The number of nitrogens with zero attached hydrogens (tertiary/aromatic N) is 1. The van der Waals surface area contributed by atoms with Crippen LogP contribution in [0.5, 0.6) is 0 Å². The van der Waals surface area contributed by atoms with Gasteiger partial charge in [0.15, 0.2) is 0 Å². The summed E-state index contributed by atoms with van der Waals surface area (Å²) in [5.41, 5.74) is 2.69. The molecule has 1 aliphatic carbocycles. The summed E-state index contributed by atoms with van der Waals surface area (Å²) in [5, 5.41) is 3.26. The molecule has 0 saturated carbocycles. The molecule has 2 amide bonds. The highest BCUT2D eigenvalue weighted by Crippen LogP contribution is 2.32. The maximum atomic E-state index is 12.7. The van der Waals surface area contributed by atoms with E-state index in [1.54, 1.807) is 4.90 Å². The van der Waals surface area contributed by atoms with Crippen molar-refractivity contribution in [3.63, 3.8) is 0 Å². The molecule has 0 radical (unpaired) electrons. The molecule has 1 aromatic rings. The number of hydrogen-bond acceptors (Lipinski definition) is 2. The Morgan fingerprint density at radius 2 is 1.88 bits per heavy atom. The molecule has 0 unspecified atom stereocenters. The van der Waals surface area contributed by atoms with Crippen LogP contribution in [0.1, 0.15) is 51.2 Å². The average Bonchev–Trinajstić information content (AvgIpc) is 2.95. The van der Waals surface area contributed by atoms with Gasteiger partial charge in [-0.05, 0) is 63.5 Å². The minimum Gasteiger partial charge on any atom is -0.351 e. The molecule has 136 valence electrons. The first kappa shape index (κ1) is 18.0. The highest BCUT2D eigenvalue weighted by atomic mass is 16.2. The number of amides is 2. The van der Waals surface area contributed by atoms with Crippen LogP contribution >= 0.6 is 0 Å². The van der Waals surface area contributed by atoms with Crippen molar-refractivity contribution in [1.29, 1.82) is 0 Å². The molecule has 0 aromatic heterocycles. The van der Waals surface area contributed by atoms with E-state index < -0.39 is 0 Å². The van der Waals surface area contributed by atoms with E-state index in [1.165, 1.54) is 11.1 Å². The Balaban J connectivity index is 1.55. The molecule has 4 nitrogen and oxygen atoms in total. The second-order valence-corrected chi connectivity index (χ2v) is 8.29. The molecule has 1 N–H and O–H groups in total. The zero-order valence-electron chi connectivity index (χ0n) is 15.7. The lowest BCUT2D eigenvalue weighted by molar-refractivity contribution is -0.138. The lowest BCUT2D eigenvalue weighted by atomic mass is 9.87. The van der Waals surface area contributed by atoms with Crippen LogP contribution in [0.2, 0.25) is 0 Å². The number of benzene rings is 1. The van der Waals surface area contributed by atoms with Crippen molar-refractivity contribution >= 4 is 11.8 Å². The fraction of sp³-hybridized carbons (Fsp3) is 0.619. The first-order valence-electron chi connectivity index (χ1n) is 9.54. The molecule has 0 bridgehead atoms. The fourth-order valence-corrected chi connectivity index (χ4v) is 4.44. The Morgan fingerprint density at radius 1 is 1.24 bits per heavy atom. The largest absolute Gasteiger partial charge is 0.351 e. The molecule has 2 aliphatic rings. The second kappa shape index (κ2) is 7.19. The SMILES string of the molecule is CCN1C[C@@H](C(=O)NC(C)(C)CC2Cc3ccccc3C2)CCC1=O. The fourth-order valence-electron chi connectivity index (χ4n) is 4.44. The maximum absolute atomic E-state index is 12.7. The van der Waals surface area contributed by atoms with Crippen LogP contribution in [0.15, 0.2) is 24.3 Å².